The Morgan fingerprint density at radius 3 is 2.75 bits per heavy atom. The van der Waals surface area contributed by atoms with E-state index in [1.54, 1.807) is 24.3 Å². The quantitative estimate of drug-likeness (QED) is 0.529. The molecule has 0 spiro atoms. The molecule has 1 heterocycles. The van der Waals surface area contributed by atoms with Crippen molar-refractivity contribution < 1.29 is 14.3 Å². The van der Waals surface area contributed by atoms with Crippen LogP contribution in [0, 0.1) is 0 Å². The monoisotopic (exact) mass is 330 g/mol. The minimum absolute atomic E-state index is 0.0256. The summed E-state index contributed by atoms with van der Waals surface area (Å²) in [6.07, 6.45) is 9.17. The molecule has 0 saturated heterocycles. The normalized spacial score (nSPS) is 11.7. The van der Waals surface area contributed by atoms with Gasteiger partial charge in [0.25, 0.3) is 0 Å². The molecule has 0 bridgehead atoms. The second kappa shape index (κ2) is 8.57. The maximum absolute atomic E-state index is 12.1. The molecule has 0 unspecified atom stereocenters. The topological polar surface area (TPSA) is 59.7 Å². The maximum Gasteiger partial charge on any atom is 0.347 e. The minimum Gasteiger partial charge on any atom is -0.506 e. The lowest BCUT2D eigenvalue weighted by Crippen LogP contribution is -2.06. The van der Waals surface area contributed by atoms with Crippen LogP contribution in [0.25, 0.3) is 17.0 Å². The van der Waals surface area contributed by atoms with Crippen molar-refractivity contribution in [2.45, 2.75) is 59.0 Å². The molecule has 0 aliphatic rings. The van der Waals surface area contributed by atoms with Crippen LogP contribution in [-0.2, 0) is 0 Å². The fourth-order valence-electron chi connectivity index (χ4n) is 2.56. The van der Waals surface area contributed by atoms with Crippen LogP contribution in [0.2, 0.25) is 0 Å². The van der Waals surface area contributed by atoms with Gasteiger partial charge in [0.1, 0.15) is 22.6 Å². The number of allylic oxidation sites excluding steroid dienone is 1. The van der Waals surface area contributed by atoms with Crippen molar-refractivity contribution in [3.05, 3.63) is 40.3 Å². The van der Waals surface area contributed by atoms with E-state index in [2.05, 4.69) is 6.92 Å². The van der Waals surface area contributed by atoms with E-state index in [1.165, 1.54) is 19.3 Å². The molecule has 0 saturated carbocycles. The van der Waals surface area contributed by atoms with Gasteiger partial charge in [-0.05, 0) is 44.9 Å². The molecule has 2 rings (SSSR count). The zero-order chi connectivity index (χ0) is 17.5. The molecule has 0 aliphatic heterocycles. The Kier molecular flexibility index (Phi) is 6.47. The van der Waals surface area contributed by atoms with Crippen molar-refractivity contribution in [1.82, 2.24) is 0 Å². The Labute approximate surface area is 142 Å². The van der Waals surface area contributed by atoms with Gasteiger partial charge in [0, 0.05) is 6.07 Å². The third-order valence-corrected chi connectivity index (χ3v) is 3.77. The number of hydrogen-bond acceptors (Lipinski definition) is 4. The van der Waals surface area contributed by atoms with Gasteiger partial charge in [0.05, 0.1) is 11.5 Å². The molecule has 130 valence electrons. The van der Waals surface area contributed by atoms with Crippen LogP contribution in [0.15, 0.2) is 33.5 Å². The molecule has 0 atom stereocenters. The molecule has 2 aromatic rings. The molecule has 24 heavy (non-hydrogen) atoms. The van der Waals surface area contributed by atoms with Gasteiger partial charge in [0.15, 0.2) is 0 Å². The highest BCUT2D eigenvalue weighted by Crippen LogP contribution is 2.30. The molecule has 1 aromatic heterocycles. The summed E-state index contributed by atoms with van der Waals surface area (Å²) < 4.78 is 10.9. The molecular formula is C20H26O4. The summed E-state index contributed by atoms with van der Waals surface area (Å²) in [5.74, 6) is 0.571. The molecule has 4 heteroatoms. The van der Waals surface area contributed by atoms with Crippen LogP contribution in [0.5, 0.6) is 11.5 Å². The summed E-state index contributed by atoms with van der Waals surface area (Å²) >= 11 is 0. The van der Waals surface area contributed by atoms with E-state index < -0.39 is 5.63 Å². The van der Waals surface area contributed by atoms with Crippen LogP contribution in [0.1, 0.15) is 58.4 Å². The van der Waals surface area contributed by atoms with Gasteiger partial charge in [-0.1, -0.05) is 32.3 Å². The Morgan fingerprint density at radius 1 is 1.25 bits per heavy atom. The number of ether oxygens (including phenoxy) is 1. The fraction of sp³-hybridized carbons (Fsp3) is 0.450. The molecule has 0 amide bonds. The largest absolute Gasteiger partial charge is 0.506 e. The van der Waals surface area contributed by atoms with Gasteiger partial charge in [-0.25, -0.2) is 4.79 Å². The Morgan fingerprint density at radius 2 is 2.04 bits per heavy atom. The van der Waals surface area contributed by atoms with Crippen LogP contribution in [0.3, 0.4) is 0 Å². The van der Waals surface area contributed by atoms with Crippen LogP contribution < -0.4 is 10.4 Å². The van der Waals surface area contributed by atoms with Crippen LogP contribution in [-0.4, -0.2) is 11.2 Å². The average molecular weight is 330 g/mol. The van der Waals surface area contributed by atoms with E-state index in [0.29, 0.717) is 16.7 Å². The SMILES string of the molecule is CCCCCCC=Cc1c(O)c2ccc(OC(C)C)cc2oc1=O. The van der Waals surface area contributed by atoms with Crippen LogP contribution >= 0.6 is 0 Å². The highest BCUT2D eigenvalue weighted by atomic mass is 16.5. The molecule has 1 N–H and O–H groups in total. The molecule has 4 nitrogen and oxygen atoms in total. The Bertz CT molecular complexity index is 756. The predicted molar refractivity (Wildman–Crippen MR) is 97.7 cm³/mol. The van der Waals surface area contributed by atoms with Crippen molar-refractivity contribution in [3.63, 3.8) is 0 Å². The van der Waals surface area contributed by atoms with E-state index in [-0.39, 0.29) is 17.4 Å². The third kappa shape index (κ3) is 4.63. The van der Waals surface area contributed by atoms with Crippen molar-refractivity contribution in [3.8, 4) is 11.5 Å². The van der Waals surface area contributed by atoms with Gasteiger partial charge < -0.3 is 14.3 Å². The summed E-state index contributed by atoms with van der Waals surface area (Å²) in [5, 5.41) is 10.9. The lowest BCUT2D eigenvalue weighted by atomic mass is 10.1. The molecule has 0 aliphatic carbocycles. The summed E-state index contributed by atoms with van der Waals surface area (Å²) in [6, 6.07) is 5.11. The van der Waals surface area contributed by atoms with E-state index in [1.807, 2.05) is 19.9 Å². The predicted octanol–water partition coefficient (Wildman–Crippen LogP) is 5.27. The summed E-state index contributed by atoms with van der Waals surface area (Å²) in [6.45, 7) is 6.02. The van der Waals surface area contributed by atoms with E-state index in [9.17, 15) is 9.90 Å². The Hall–Kier alpha value is -2.23. The first-order valence-electron chi connectivity index (χ1n) is 8.66. The summed E-state index contributed by atoms with van der Waals surface area (Å²) in [5.41, 5.74) is -0.00206. The van der Waals surface area contributed by atoms with Gasteiger partial charge >= 0.3 is 5.63 Å². The van der Waals surface area contributed by atoms with E-state index >= 15 is 0 Å². The van der Waals surface area contributed by atoms with Gasteiger partial charge in [-0.15, -0.1) is 0 Å². The number of fused-ring (bicyclic) bond motifs is 1. The standard InChI is InChI=1S/C20H26O4/c1-4-5-6-7-8-9-10-17-19(21)16-12-11-15(23-14(2)3)13-18(16)24-20(17)22/h9-14,21H,4-8H2,1-3H3. The molecular weight excluding hydrogens is 304 g/mol. The third-order valence-electron chi connectivity index (χ3n) is 3.77. The number of rotatable bonds is 8. The second-order valence-corrected chi connectivity index (χ2v) is 6.23. The second-order valence-electron chi connectivity index (χ2n) is 6.23. The Balaban J connectivity index is 2.23. The molecule has 0 fully saturated rings. The van der Waals surface area contributed by atoms with Crippen molar-refractivity contribution in [2.75, 3.05) is 0 Å². The zero-order valence-electron chi connectivity index (χ0n) is 14.7. The smallest absolute Gasteiger partial charge is 0.347 e. The average Bonchev–Trinajstić information content (AvgIpc) is 2.52. The molecule has 1 aromatic carbocycles. The van der Waals surface area contributed by atoms with E-state index in [0.717, 1.165) is 12.8 Å². The van der Waals surface area contributed by atoms with Gasteiger partial charge in [0.2, 0.25) is 0 Å². The minimum atomic E-state index is -0.536. The first-order valence-corrected chi connectivity index (χ1v) is 8.66. The van der Waals surface area contributed by atoms with Gasteiger partial charge in [-0.3, -0.25) is 0 Å². The van der Waals surface area contributed by atoms with Crippen molar-refractivity contribution in [1.29, 1.82) is 0 Å². The summed E-state index contributed by atoms with van der Waals surface area (Å²) in [4.78, 5) is 12.1. The summed E-state index contributed by atoms with van der Waals surface area (Å²) in [7, 11) is 0. The highest BCUT2D eigenvalue weighted by Gasteiger charge is 2.12. The number of aromatic hydroxyl groups is 1. The maximum atomic E-state index is 12.1. The van der Waals surface area contributed by atoms with Crippen molar-refractivity contribution in [2.24, 2.45) is 0 Å². The van der Waals surface area contributed by atoms with Crippen LogP contribution in [0.4, 0.5) is 0 Å². The fourth-order valence-corrected chi connectivity index (χ4v) is 2.56. The lowest BCUT2D eigenvalue weighted by molar-refractivity contribution is 0.242. The number of benzene rings is 1. The first-order chi connectivity index (χ1) is 11.5. The first kappa shape index (κ1) is 18.1. The number of hydrogen-bond donors (Lipinski definition) is 1. The lowest BCUT2D eigenvalue weighted by Gasteiger charge is -2.10. The highest BCUT2D eigenvalue weighted by molar-refractivity contribution is 5.87. The number of unbranched alkanes of at least 4 members (excludes halogenated alkanes) is 4. The van der Waals surface area contributed by atoms with Crippen molar-refractivity contribution >= 4 is 17.0 Å². The van der Waals surface area contributed by atoms with Gasteiger partial charge in [-0.2, -0.15) is 0 Å². The zero-order valence-corrected chi connectivity index (χ0v) is 14.7. The molecule has 0 radical (unpaired) electrons. The van der Waals surface area contributed by atoms with E-state index in [4.69, 9.17) is 9.15 Å².